The number of rotatable bonds is 1. The number of carboxylic acid groups (broad SMARTS) is 1. The summed E-state index contributed by atoms with van der Waals surface area (Å²) in [6.45, 7) is 1.56. The lowest BCUT2D eigenvalue weighted by atomic mass is 9.92. The molecule has 0 radical (unpaired) electrons. The summed E-state index contributed by atoms with van der Waals surface area (Å²) < 4.78 is 0. The normalized spacial score (nSPS) is 34.6. The quantitative estimate of drug-likeness (QED) is 0.602. The van der Waals surface area contributed by atoms with Crippen LogP contribution in [0.3, 0.4) is 0 Å². The van der Waals surface area contributed by atoms with Gasteiger partial charge in [-0.25, -0.2) is 4.79 Å². The summed E-state index contributed by atoms with van der Waals surface area (Å²) in [5, 5.41) is 18.1. The van der Waals surface area contributed by atoms with E-state index in [4.69, 9.17) is 16.7 Å². The molecule has 66 valence electrons. The molecule has 2 unspecified atom stereocenters. The van der Waals surface area contributed by atoms with Gasteiger partial charge in [0.15, 0.2) is 0 Å². The van der Waals surface area contributed by atoms with E-state index in [1.54, 1.807) is 13.0 Å². The topological polar surface area (TPSA) is 57.5 Å². The van der Waals surface area contributed by atoms with Gasteiger partial charge in [-0.3, -0.25) is 0 Å². The van der Waals surface area contributed by atoms with Crippen molar-refractivity contribution >= 4 is 17.6 Å². The Hall–Kier alpha value is -0.800. The molecule has 12 heavy (non-hydrogen) atoms. The maximum absolute atomic E-state index is 10.5. The minimum absolute atomic E-state index is 0.0741. The second-order valence-electron chi connectivity index (χ2n) is 2.84. The molecule has 0 fully saturated rings. The highest BCUT2D eigenvalue weighted by molar-refractivity contribution is 6.26. The van der Waals surface area contributed by atoms with Crippen LogP contribution in [-0.2, 0) is 4.79 Å². The second-order valence-corrected chi connectivity index (χ2v) is 3.65. The number of carbonyl (C=O) groups is 1. The lowest BCUT2D eigenvalue weighted by molar-refractivity contribution is -0.133. The maximum Gasteiger partial charge on any atom is 0.334 e. The number of aliphatic hydroxyl groups is 1. The van der Waals surface area contributed by atoms with Crippen molar-refractivity contribution in [1.29, 1.82) is 0 Å². The van der Waals surface area contributed by atoms with E-state index in [0.717, 1.165) is 0 Å². The van der Waals surface area contributed by atoms with E-state index in [9.17, 15) is 9.90 Å². The molecule has 1 aliphatic rings. The third kappa shape index (κ3) is 1.52. The molecular formula is C8H9ClO3. The van der Waals surface area contributed by atoms with E-state index in [0.29, 0.717) is 0 Å². The van der Waals surface area contributed by atoms with Crippen LogP contribution in [0.15, 0.2) is 23.8 Å². The molecule has 1 aliphatic carbocycles. The van der Waals surface area contributed by atoms with Gasteiger partial charge in [0.2, 0.25) is 0 Å². The first-order valence-electron chi connectivity index (χ1n) is 3.45. The number of allylic oxidation sites excluding steroid dienone is 2. The molecule has 3 nitrogen and oxygen atoms in total. The van der Waals surface area contributed by atoms with Crippen molar-refractivity contribution in [2.24, 2.45) is 0 Å². The number of hydrogen-bond acceptors (Lipinski definition) is 2. The lowest BCUT2D eigenvalue weighted by Crippen LogP contribution is -2.37. The van der Waals surface area contributed by atoms with E-state index < -0.39 is 16.9 Å². The van der Waals surface area contributed by atoms with E-state index in [-0.39, 0.29) is 5.57 Å². The molecule has 0 heterocycles. The molecule has 0 aromatic carbocycles. The first kappa shape index (κ1) is 9.29. The number of carboxylic acids is 1. The van der Waals surface area contributed by atoms with E-state index >= 15 is 0 Å². The van der Waals surface area contributed by atoms with E-state index in [1.165, 1.54) is 12.2 Å². The molecule has 0 aromatic rings. The van der Waals surface area contributed by atoms with Gasteiger partial charge in [-0.05, 0) is 13.0 Å². The minimum Gasteiger partial charge on any atom is -0.478 e. The van der Waals surface area contributed by atoms with Crippen molar-refractivity contribution in [3.63, 3.8) is 0 Å². The van der Waals surface area contributed by atoms with Crippen LogP contribution >= 0.6 is 11.6 Å². The van der Waals surface area contributed by atoms with Gasteiger partial charge in [0.05, 0.1) is 10.4 Å². The fourth-order valence-corrected chi connectivity index (χ4v) is 1.20. The summed E-state index contributed by atoms with van der Waals surface area (Å²) in [6.07, 6.45) is 3.29. The van der Waals surface area contributed by atoms with Crippen LogP contribution in [0.25, 0.3) is 0 Å². The van der Waals surface area contributed by atoms with Crippen molar-refractivity contribution in [3.05, 3.63) is 23.8 Å². The Kier molecular flexibility index (Phi) is 2.26. The van der Waals surface area contributed by atoms with Gasteiger partial charge in [0.25, 0.3) is 0 Å². The minimum atomic E-state index is -1.15. The molecule has 2 atom stereocenters. The highest BCUT2D eigenvalue weighted by Crippen LogP contribution is 2.29. The van der Waals surface area contributed by atoms with E-state index in [2.05, 4.69) is 0 Å². The largest absolute Gasteiger partial charge is 0.478 e. The fraction of sp³-hybridized carbons (Fsp3) is 0.375. The average molecular weight is 189 g/mol. The van der Waals surface area contributed by atoms with Crippen molar-refractivity contribution in [3.8, 4) is 0 Å². The summed E-state index contributed by atoms with van der Waals surface area (Å²) in [7, 11) is 0. The van der Waals surface area contributed by atoms with Crippen LogP contribution < -0.4 is 0 Å². The van der Waals surface area contributed by atoms with E-state index in [1.807, 2.05) is 0 Å². The Morgan fingerprint density at radius 2 is 2.33 bits per heavy atom. The van der Waals surface area contributed by atoms with Gasteiger partial charge in [-0.1, -0.05) is 12.2 Å². The Morgan fingerprint density at radius 1 is 1.75 bits per heavy atom. The second kappa shape index (κ2) is 2.92. The fourth-order valence-electron chi connectivity index (χ4n) is 1.01. The summed E-state index contributed by atoms with van der Waals surface area (Å²) in [5.41, 5.74) is -0.0741. The average Bonchev–Trinajstić information content (AvgIpc) is 1.94. The molecule has 0 saturated carbocycles. The van der Waals surface area contributed by atoms with Crippen LogP contribution in [0.1, 0.15) is 6.92 Å². The zero-order chi connectivity index (χ0) is 9.35. The van der Waals surface area contributed by atoms with Crippen molar-refractivity contribution < 1.29 is 15.0 Å². The number of aliphatic hydroxyl groups excluding tert-OH is 1. The zero-order valence-electron chi connectivity index (χ0n) is 6.49. The summed E-state index contributed by atoms with van der Waals surface area (Å²) >= 11 is 5.82. The molecule has 2 N–H and O–H groups in total. The summed E-state index contributed by atoms with van der Waals surface area (Å²) in [4.78, 5) is 9.52. The molecule has 4 heteroatoms. The van der Waals surface area contributed by atoms with Gasteiger partial charge in [-0.15, -0.1) is 11.6 Å². The predicted molar refractivity (Wildman–Crippen MR) is 45.1 cm³/mol. The lowest BCUT2D eigenvalue weighted by Gasteiger charge is -2.27. The van der Waals surface area contributed by atoms with Crippen LogP contribution in [0.4, 0.5) is 0 Å². The third-order valence-electron chi connectivity index (χ3n) is 1.77. The maximum atomic E-state index is 10.5. The number of halogens is 1. The summed E-state index contributed by atoms with van der Waals surface area (Å²) in [5.74, 6) is -1.14. The molecule has 0 bridgehead atoms. The molecule has 0 amide bonds. The Labute approximate surface area is 75.0 Å². The third-order valence-corrected chi connectivity index (χ3v) is 2.11. The summed E-state index contributed by atoms with van der Waals surface area (Å²) in [6, 6.07) is 0. The van der Waals surface area contributed by atoms with Gasteiger partial charge < -0.3 is 10.2 Å². The monoisotopic (exact) mass is 188 g/mol. The van der Waals surface area contributed by atoms with Crippen LogP contribution in [0.2, 0.25) is 0 Å². The van der Waals surface area contributed by atoms with Crippen molar-refractivity contribution in [2.45, 2.75) is 17.9 Å². The molecule has 0 aliphatic heterocycles. The standard InChI is InChI=1S/C8H9ClO3/c1-8(9)4-2-3-5(6(8)10)7(11)12/h2-4,6,10H,1H3,(H,11,12). The Bertz CT molecular complexity index is 265. The van der Waals surface area contributed by atoms with Crippen LogP contribution in [0, 0.1) is 0 Å². The molecule has 0 saturated heterocycles. The predicted octanol–water partition coefficient (Wildman–Crippen LogP) is 0.926. The van der Waals surface area contributed by atoms with Crippen LogP contribution in [-0.4, -0.2) is 27.2 Å². The number of hydrogen-bond donors (Lipinski definition) is 2. The highest BCUT2D eigenvalue weighted by Gasteiger charge is 2.35. The van der Waals surface area contributed by atoms with Gasteiger partial charge in [-0.2, -0.15) is 0 Å². The Morgan fingerprint density at radius 3 is 2.75 bits per heavy atom. The van der Waals surface area contributed by atoms with Crippen LogP contribution in [0.5, 0.6) is 0 Å². The van der Waals surface area contributed by atoms with Crippen molar-refractivity contribution in [1.82, 2.24) is 0 Å². The van der Waals surface area contributed by atoms with Gasteiger partial charge >= 0.3 is 5.97 Å². The molecule has 0 aromatic heterocycles. The number of aliphatic carboxylic acids is 1. The number of alkyl halides is 1. The molecule has 0 spiro atoms. The first-order valence-corrected chi connectivity index (χ1v) is 3.82. The zero-order valence-corrected chi connectivity index (χ0v) is 7.25. The Balaban J connectivity index is 2.99. The van der Waals surface area contributed by atoms with Gasteiger partial charge in [0, 0.05) is 0 Å². The first-order chi connectivity index (χ1) is 5.45. The SMILES string of the molecule is CC1(Cl)C=CC=C(C(=O)O)C1O. The van der Waals surface area contributed by atoms with Gasteiger partial charge in [0.1, 0.15) is 6.10 Å². The molecular weight excluding hydrogens is 180 g/mol. The van der Waals surface area contributed by atoms with Crippen molar-refractivity contribution in [2.75, 3.05) is 0 Å². The highest BCUT2D eigenvalue weighted by atomic mass is 35.5. The smallest absolute Gasteiger partial charge is 0.334 e. The molecule has 1 rings (SSSR count).